The highest BCUT2D eigenvalue weighted by Gasteiger charge is 2.49. The Kier molecular flexibility index (Phi) is 6.11. The molecule has 31 heavy (non-hydrogen) atoms. The number of benzene rings is 2. The van der Waals surface area contributed by atoms with Crippen LogP contribution in [0, 0.1) is 0 Å². The largest absolute Gasteiger partial charge is 0.534 e. The lowest BCUT2D eigenvalue weighted by molar-refractivity contribution is -0.117. The maximum Gasteiger partial charge on any atom is 0.534 e. The number of aromatic hydroxyl groups is 1. The van der Waals surface area contributed by atoms with Gasteiger partial charge in [0.1, 0.15) is 11.5 Å². The van der Waals surface area contributed by atoms with Gasteiger partial charge >= 0.3 is 15.6 Å². The summed E-state index contributed by atoms with van der Waals surface area (Å²) in [5.74, 6) is -0.418. The van der Waals surface area contributed by atoms with Crippen molar-refractivity contribution < 1.29 is 40.5 Å². The van der Waals surface area contributed by atoms with Crippen LogP contribution in [-0.2, 0) is 32.5 Å². The van der Waals surface area contributed by atoms with Crippen LogP contribution in [0.4, 0.5) is 24.5 Å². The van der Waals surface area contributed by atoms with Gasteiger partial charge in [-0.25, -0.2) is 0 Å². The molecular formula is C19H17F3N2O6S. The Morgan fingerprint density at radius 3 is 1.94 bits per heavy atom. The number of anilines is 2. The number of rotatable bonds is 2. The van der Waals surface area contributed by atoms with Gasteiger partial charge in [0, 0.05) is 35.3 Å². The van der Waals surface area contributed by atoms with Gasteiger partial charge in [0.15, 0.2) is 0 Å². The standard InChI is InChI=1S/C10H8F3NO4S.C9H9NO2/c11-10(12,13)19(16,17)18-8-3-1-2-7-6(8)4-5-9(15)14-7;11-8-3-1-2-7-6(8)4-5-9(12)10-7/h1-3H,4-5H2,(H,14,15);1-3,11H,4-5H2,(H,10,12). The molecule has 2 amide bonds. The fraction of sp³-hybridized carbons (Fsp3) is 0.263. The van der Waals surface area contributed by atoms with Gasteiger partial charge in [-0.1, -0.05) is 12.1 Å². The Bertz CT molecular complexity index is 1130. The number of amides is 2. The molecule has 4 rings (SSSR count). The molecule has 2 aliphatic heterocycles. The number of nitrogens with one attached hydrogen (secondary N) is 2. The Labute approximate surface area is 175 Å². The number of carbonyl (C=O) groups excluding carboxylic acids is 2. The molecule has 0 radical (unpaired) electrons. The number of hydrogen-bond donors (Lipinski definition) is 3. The first-order valence-corrected chi connectivity index (χ1v) is 10.4. The monoisotopic (exact) mass is 458 g/mol. The van der Waals surface area contributed by atoms with Crippen molar-refractivity contribution in [3.63, 3.8) is 0 Å². The van der Waals surface area contributed by atoms with Crippen LogP contribution in [0.2, 0.25) is 0 Å². The van der Waals surface area contributed by atoms with Crippen molar-refractivity contribution >= 4 is 33.3 Å². The number of phenolic OH excluding ortho intramolecular Hbond substituents is 1. The Hall–Kier alpha value is -3.28. The summed E-state index contributed by atoms with van der Waals surface area (Å²) in [4.78, 5) is 22.1. The summed E-state index contributed by atoms with van der Waals surface area (Å²) in [6.45, 7) is 0. The van der Waals surface area contributed by atoms with E-state index in [0.717, 1.165) is 17.3 Å². The van der Waals surface area contributed by atoms with Crippen molar-refractivity contribution in [2.24, 2.45) is 0 Å². The van der Waals surface area contributed by atoms with E-state index >= 15 is 0 Å². The van der Waals surface area contributed by atoms with Crippen molar-refractivity contribution in [3.05, 3.63) is 47.5 Å². The number of carbonyl (C=O) groups is 2. The molecule has 2 aromatic rings. The fourth-order valence-corrected chi connectivity index (χ4v) is 3.53. The normalized spacial score (nSPS) is 15.5. The van der Waals surface area contributed by atoms with Gasteiger partial charge in [-0.15, -0.1) is 0 Å². The predicted octanol–water partition coefficient (Wildman–Crippen LogP) is 3.08. The first kappa shape index (κ1) is 22.4. The zero-order valence-corrected chi connectivity index (χ0v) is 16.6. The van der Waals surface area contributed by atoms with Crippen LogP contribution in [0.25, 0.3) is 0 Å². The predicted molar refractivity (Wildman–Crippen MR) is 104 cm³/mol. The smallest absolute Gasteiger partial charge is 0.508 e. The van der Waals surface area contributed by atoms with Gasteiger partial charge in [0.25, 0.3) is 0 Å². The number of alkyl halides is 3. The number of hydrogen-bond acceptors (Lipinski definition) is 6. The third-order valence-electron chi connectivity index (χ3n) is 4.52. The van der Waals surface area contributed by atoms with Gasteiger partial charge in [0.05, 0.1) is 0 Å². The van der Waals surface area contributed by atoms with Crippen LogP contribution in [0.3, 0.4) is 0 Å². The summed E-state index contributed by atoms with van der Waals surface area (Å²) >= 11 is 0. The highest BCUT2D eigenvalue weighted by Crippen LogP contribution is 2.34. The second-order valence-electron chi connectivity index (χ2n) is 6.67. The molecule has 0 unspecified atom stereocenters. The molecule has 166 valence electrons. The van der Waals surface area contributed by atoms with Gasteiger partial charge in [-0.3, -0.25) is 9.59 Å². The Morgan fingerprint density at radius 1 is 0.839 bits per heavy atom. The van der Waals surface area contributed by atoms with E-state index in [4.69, 9.17) is 0 Å². The fourth-order valence-electron chi connectivity index (χ4n) is 3.04. The Morgan fingerprint density at radius 2 is 1.35 bits per heavy atom. The van der Waals surface area contributed by atoms with E-state index in [9.17, 15) is 36.3 Å². The summed E-state index contributed by atoms with van der Waals surface area (Å²) in [6, 6.07) is 9.02. The summed E-state index contributed by atoms with van der Waals surface area (Å²) in [6.07, 6.45) is 1.27. The summed E-state index contributed by atoms with van der Waals surface area (Å²) < 4.78 is 62.7. The van der Waals surface area contributed by atoms with E-state index in [2.05, 4.69) is 14.8 Å². The van der Waals surface area contributed by atoms with E-state index in [0.29, 0.717) is 12.8 Å². The van der Waals surface area contributed by atoms with Crippen LogP contribution in [-0.4, -0.2) is 30.8 Å². The second-order valence-corrected chi connectivity index (χ2v) is 8.20. The molecule has 0 spiro atoms. The number of fused-ring (bicyclic) bond motifs is 2. The molecule has 0 fully saturated rings. The van der Waals surface area contributed by atoms with Crippen molar-refractivity contribution in [1.29, 1.82) is 0 Å². The average Bonchev–Trinajstić information content (AvgIpc) is 2.67. The summed E-state index contributed by atoms with van der Waals surface area (Å²) in [5, 5.41) is 14.5. The van der Waals surface area contributed by atoms with Crippen LogP contribution < -0.4 is 14.8 Å². The molecule has 0 saturated heterocycles. The highest BCUT2D eigenvalue weighted by molar-refractivity contribution is 7.88. The molecule has 0 aromatic heterocycles. The molecule has 0 aliphatic carbocycles. The van der Waals surface area contributed by atoms with Gasteiger partial charge < -0.3 is 19.9 Å². The molecule has 12 heteroatoms. The maximum atomic E-state index is 12.2. The average molecular weight is 458 g/mol. The molecule has 0 atom stereocenters. The van der Waals surface area contributed by atoms with Crippen molar-refractivity contribution in [1.82, 2.24) is 0 Å². The molecule has 0 bridgehead atoms. The van der Waals surface area contributed by atoms with E-state index < -0.39 is 21.4 Å². The van der Waals surface area contributed by atoms with Crippen LogP contribution in [0.15, 0.2) is 36.4 Å². The minimum Gasteiger partial charge on any atom is -0.508 e. The third kappa shape index (κ3) is 5.08. The van der Waals surface area contributed by atoms with E-state index in [1.807, 2.05) is 0 Å². The minimum atomic E-state index is -5.71. The van der Waals surface area contributed by atoms with Crippen molar-refractivity contribution in [2.75, 3.05) is 10.6 Å². The van der Waals surface area contributed by atoms with Gasteiger partial charge in [-0.05, 0) is 37.1 Å². The first-order valence-electron chi connectivity index (χ1n) is 9.01. The molecule has 2 aliphatic rings. The Balaban J connectivity index is 0.000000194. The summed E-state index contributed by atoms with van der Waals surface area (Å²) in [5.41, 5.74) is -3.42. The van der Waals surface area contributed by atoms with Crippen LogP contribution >= 0.6 is 0 Å². The zero-order valence-electron chi connectivity index (χ0n) is 15.8. The SMILES string of the molecule is O=C1CCc2c(O)cccc2N1.O=C1CCc2c(cccc2OS(=O)(=O)C(F)(F)F)N1. The lowest BCUT2D eigenvalue weighted by Crippen LogP contribution is -2.29. The lowest BCUT2D eigenvalue weighted by atomic mass is 10.0. The van der Waals surface area contributed by atoms with Crippen molar-refractivity contribution in [2.45, 2.75) is 31.2 Å². The third-order valence-corrected chi connectivity index (χ3v) is 5.49. The topological polar surface area (TPSA) is 122 Å². The maximum absolute atomic E-state index is 12.2. The van der Waals surface area contributed by atoms with Gasteiger partial charge in [-0.2, -0.15) is 21.6 Å². The van der Waals surface area contributed by atoms with E-state index in [1.165, 1.54) is 12.1 Å². The number of phenols is 1. The number of halogens is 3. The molecule has 2 heterocycles. The van der Waals surface area contributed by atoms with Crippen molar-refractivity contribution in [3.8, 4) is 11.5 Å². The summed E-state index contributed by atoms with van der Waals surface area (Å²) in [7, 11) is -5.71. The minimum absolute atomic E-state index is 0.0214. The zero-order chi connectivity index (χ0) is 22.8. The van der Waals surface area contributed by atoms with E-state index in [1.54, 1.807) is 18.2 Å². The molecule has 0 saturated carbocycles. The molecule has 2 aromatic carbocycles. The second kappa shape index (κ2) is 8.46. The quantitative estimate of drug-likeness (QED) is 0.470. The van der Waals surface area contributed by atoms with Crippen LogP contribution in [0.1, 0.15) is 24.0 Å². The van der Waals surface area contributed by atoms with Crippen LogP contribution in [0.5, 0.6) is 11.5 Å². The lowest BCUT2D eigenvalue weighted by Gasteiger charge is -2.19. The molecule has 3 N–H and O–H groups in total. The highest BCUT2D eigenvalue weighted by atomic mass is 32.2. The van der Waals surface area contributed by atoms with Gasteiger partial charge in [0.2, 0.25) is 11.8 Å². The first-order chi connectivity index (χ1) is 14.5. The molecule has 8 nitrogen and oxygen atoms in total. The molecular weight excluding hydrogens is 441 g/mol. The van der Waals surface area contributed by atoms with E-state index in [-0.39, 0.29) is 41.7 Å².